The van der Waals surface area contributed by atoms with Crippen molar-refractivity contribution in [1.82, 2.24) is 0 Å². The Labute approximate surface area is 77.2 Å². The van der Waals surface area contributed by atoms with Crippen LogP contribution in [0.15, 0.2) is 0 Å². The zero-order chi connectivity index (χ0) is 4.50. The third-order valence-corrected chi connectivity index (χ3v) is 0. The largest absolute Gasteiger partial charge is 1.00 e. The second-order valence-corrected chi connectivity index (χ2v) is 1.34. The van der Waals surface area contributed by atoms with Gasteiger partial charge in [0.25, 0.3) is 0 Å². The Bertz CT molecular complexity index is 109. The molecule has 0 aliphatic carbocycles. The smallest absolute Gasteiger partial charge is 0.358 e. The van der Waals surface area contributed by atoms with Gasteiger partial charge >= 0.3 is 29.3 Å². The normalized spacial score (nSPS) is 5.27. The molecule has 11 heavy (non-hydrogen) atoms. The first kappa shape index (κ1) is 64.6. The third kappa shape index (κ3) is 6880. The van der Waals surface area contributed by atoms with Gasteiger partial charge in [0.15, 0.2) is 0 Å². The summed E-state index contributed by atoms with van der Waals surface area (Å²) in [5.74, 6) is 0. The van der Waals surface area contributed by atoms with Gasteiger partial charge in [0.05, 0.1) is 0 Å². The molecule has 0 aliphatic heterocycles. The van der Waals surface area contributed by atoms with Crippen LogP contribution >= 0.6 is 0 Å². The Morgan fingerprint density at radius 2 is 0.909 bits per heavy atom. The van der Waals surface area contributed by atoms with Gasteiger partial charge in [0, 0.05) is 8.41 Å². The van der Waals surface area contributed by atoms with Crippen LogP contribution in [0.4, 0.5) is 14.1 Å². The van der Waals surface area contributed by atoms with Crippen molar-refractivity contribution in [3.63, 3.8) is 0 Å². The number of hydrogen-bond acceptors (Lipinski definition) is 2. The van der Waals surface area contributed by atoms with Crippen LogP contribution in [0.25, 0.3) is 0 Å². The van der Waals surface area contributed by atoms with E-state index in [1.54, 1.807) is 0 Å². The Morgan fingerprint density at radius 1 is 0.909 bits per heavy atom. The molecule has 0 saturated carbocycles. The van der Waals surface area contributed by atoms with Crippen molar-refractivity contribution in [2.24, 2.45) is 0 Å². The maximum Gasteiger partial charge on any atom is 1.00 e. The maximum atomic E-state index is 8.74. The Kier molecular flexibility index (Phi) is 132. The summed E-state index contributed by atoms with van der Waals surface area (Å²) in [5, 5.41) is 0. The molecule has 2 N–H and O–H groups in total. The number of hydrogen-bond donors (Lipinski definition) is 2. The molecule has 0 fully saturated rings. The minimum atomic E-state index is -4.67. The molecule has 0 amide bonds. The van der Waals surface area contributed by atoms with E-state index in [0.29, 0.717) is 0 Å². The molecule has 0 spiro atoms. The summed E-state index contributed by atoms with van der Waals surface area (Å²) >= 11 is 0. The van der Waals surface area contributed by atoms with Crippen LogP contribution in [-0.2, 0) is 10.4 Å². The van der Waals surface area contributed by atoms with Crippen LogP contribution in [-0.4, -0.2) is 25.9 Å². The summed E-state index contributed by atoms with van der Waals surface area (Å²) in [6.45, 7) is 0. The third-order valence-electron chi connectivity index (χ3n) is 0. The molecule has 0 bridgehead atoms. The Hall–Kier alpha value is 0.322. The van der Waals surface area contributed by atoms with E-state index in [1.807, 2.05) is 0 Å². The van der Waals surface area contributed by atoms with E-state index in [0.717, 1.165) is 0 Å². The zero-order valence-electron chi connectivity index (χ0n) is 5.92. The maximum absolute atomic E-state index is 8.74. The first-order valence-electron chi connectivity index (χ1n) is 0.698. The van der Waals surface area contributed by atoms with Crippen molar-refractivity contribution >= 4 is 18.8 Å². The van der Waals surface area contributed by atoms with E-state index in [4.69, 9.17) is 17.5 Å². The van der Waals surface area contributed by atoms with Crippen molar-refractivity contribution in [2.75, 3.05) is 0 Å². The molecule has 0 aromatic heterocycles. The molecular formula is CH8BF3LiO4S. The molecule has 3 radical (unpaired) electrons. The average molecular weight is 191 g/mol. The molecule has 4 nitrogen and oxygen atoms in total. The van der Waals surface area contributed by atoms with Crippen LogP contribution in [0, 0.1) is 7.43 Å². The van der Waals surface area contributed by atoms with Crippen LogP contribution < -0.4 is 18.9 Å². The minimum absolute atomic E-state index is 0. The fourth-order valence-electron chi connectivity index (χ4n) is 0. The Balaban J connectivity index is -0.00000000533. The van der Waals surface area contributed by atoms with Gasteiger partial charge in [-0.25, -0.2) is 0 Å². The predicted molar refractivity (Wildman–Crippen MR) is 33.9 cm³/mol. The van der Waals surface area contributed by atoms with E-state index in [1.165, 1.54) is 0 Å². The number of halogens is 3. The summed E-state index contributed by atoms with van der Waals surface area (Å²) in [4.78, 5) is 0. The molecule has 0 aromatic carbocycles. The van der Waals surface area contributed by atoms with Gasteiger partial charge in [-0.15, -0.1) is 0 Å². The second kappa shape index (κ2) is 22.4. The topological polar surface area (TPSA) is 74.6 Å². The van der Waals surface area contributed by atoms with Crippen molar-refractivity contribution in [3.05, 3.63) is 7.43 Å². The van der Waals surface area contributed by atoms with Crippen molar-refractivity contribution < 1.29 is 50.5 Å². The van der Waals surface area contributed by atoms with E-state index in [2.05, 4.69) is 0 Å². The predicted octanol–water partition coefficient (Wildman–Crippen LogP) is -3.12. The average Bonchev–Trinajstić information content (AvgIpc) is 0.722. The van der Waals surface area contributed by atoms with Gasteiger partial charge in [0.1, 0.15) is 0 Å². The Morgan fingerprint density at radius 3 is 0.909 bits per heavy atom. The van der Waals surface area contributed by atoms with Gasteiger partial charge in [-0.2, -0.15) is 8.42 Å². The summed E-state index contributed by atoms with van der Waals surface area (Å²) < 4.78 is 31.6. The van der Waals surface area contributed by atoms with E-state index >= 15 is 0 Å². The molecule has 0 aliphatic rings. The quantitative estimate of drug-likeness (QED) is 0.241. The summed E-state index contributed by atoms with van der Waals surface area (Å²) in [6, 6.07) is 0. The van der Waals surface area contributed by atoms with Crippen molar-refractivity contribution in [2.45, 2.75) is 0 Å². The monoisotopic (exact) mass is 191 g/mol. The van der Waals surface area contributed by atoms with Crippen LogP contribution in [0.3, 0.4) is 0 Å². The molecule has 10 heteroatoms. The van der Waals surface area contributed by atoms with E-state index < -0.39 is 10.4 Å². The fraction of sp³-hybridized carbons (Fsp3) is 0. The fourth-order valence-corrected chi connectivity index (χ4v) is 0. The van der Waals surface area contributed by atoms with Gasteiger partial charge in [-0.3, -0.25) is 23.2 Å². The van der Waals surface area contributed by atoms with Crippen LogP contribution in [0.5, 0.6) is 0 Å². The second-order valence-electron chi connectivity index (χ2n) is 0.448. The van der Waals surface area contributed by atoms with Gasteiger partial charge in [0.2, 0.25) is 0 Å². The van der Waals surface area contributed by atoms with Gasteiger partial charge in [-0.05, 0) is 0 Å². The van der Waals surface area contributed by atoms with Crippen molar-refractivity contribution in [1.29, 1.82) is 0 Å². The first-order valence-corrected chi connectivity index (χ1v) is 2.10. The molecule has 0 heterocycles. The molecule has 0 saturated heterocycles. The molecule has 0 aromatic rings. The van der Waals surface area contributed by atoms with Crippen molar-refractivity contribution in [3.8, 4) is 0 Å². The van der Waals surface area contributed by atoms with Gasteiger partial charge in [-0.1, -0.05) is 0 Å². The summed E-state index contributed by atoms with van der Waals surface area (Å²) in [5.41, 5.74) is 0. The molecule has 0 rings (SSSR count). The summed E-state index contributed by atoms with van der Waals surface area (Å²) in [7, 11) is -4.67. The number of rotatable bonds is 0. The molecular weight excluding hydrogens is 183 g/mol. The molecule has 67 valence electrons. The first-order chi connectivity index (χ1) is 2.00. The molecule has 0 unspecified atom stereocenters. The van der Waals surface area contributed by atoms with Crippen LogP contribution in [0.2, 0.25) is 0 Å². The standard InChI is InChI=1S/CH3.B.3FH.Li.H2O4S/c;;;;;;1-5(2,3)4/h1H3;;3*1H;;(H2,1,2,3,4)/q-1;;;;;+1;. The van der Waals surface area contributed by atoms with E-state index in [9.17, 15) is 0 Å². The SMILES string of the molecule is F.F.F.O=S(=O)(O)O.[B].[CH3-].[Li+]. The van der Waals surface area contributed by atoms with E-state index in [-0.39, 0.29) is 48.8 Å². The minimum Gasteiger partial charge on any atom is -0.358 e. The zero-order valence-corrected chi connectivity index (χ0v) is 6.74. The molecule has 0 atom stereocenters. The summed E-state index contributed by atoms with van der Waals surface area (Å²) in [6.07, 6.45) is 0. The van der Waals surface area contributed by atoms with Gasteiger partial charge < -0.3 is 7.43 Å². The van der Waals surface area contributed by atoms with Crippen LogP contribution in [0.1, 0.15) is 0 Å².